The number of aromatic nitrogens is 3. The van der Waals surface area contributed by atoms with Crippen LogP contribution in [-0.2, 0) is 17.9 Å². The van der Waals surface area contributed by atoms with Crippen LogP contribution in [0.1, 0.15) is 16.7 Å². The summed E-state index contributed by atoms with van der Waals surface area (Å²) in [5.74, 6) is -0.210. The monoisotopic (exact) mass is 485 g/mol. The Morgan fingerprint density at radius 1 is 1.00 bits per heavy atom. The van der Waals surface area contributed by atoms with Crippen LogP contribution in [0.5, 0.6) is 0 Å². The van der Waals surface area contributed by atoms with Crippen molar-refractivity contribution in [3.8, 4) is 11.3 Å². The van der Waals surface area contributed by atoms with Crippen molar-refractivity contribution in [3.63, 3.8) is 0 Å². The summed E-state index contributed by atoms with van der Waals surface area (Å²) in [7, 11) is 0. The third-order valence-electron chi connectivity index (χ3n) is 5.46. The van der Waals surface area contributed by atoms with E-state index in [1.54, 1.807) is 24.5 Å². The van der Waals surface area contributed by atoms with Crippen LogP contribution in [0.2, 0.25) is 5.02 Å². The van der Waals surface area contributed by atoms with E-state index < -0.39 is 0 Å². The molecule has 168 valence electrons. The zero-order valence-electron chi connectivity index (χ0n) is 18.1. The maximum Gasteiger partial charge on any atom is 0.276 e. The summed E-state index contributed by atoms with van der Waals surface area (Å²) in [5.41, 5.74) is 4.74. The predicted molar refractivity (Wildman–Crippen MR) is 137 cm³/mol. The van der Waals surface area contributed by atoms with Gasteiger partial charge in [0, 0.05) is 34.7 Å². The highest BCUT2D eigenvalue weighted by atomic mass is 35.5. The molecule has 1 N–H and O–H groups in total. The van der Waals surface area contributed by atoms with Gasteiger partial charge < -0.3 is 5.32 Å². The van der Waals surface area contributed by atoms with Crippen LogP contribution in [0.3, 0.4) is 0 Å². The number of nitrogens with zero attached hydrogens (tertiary/aromatic N) is 4. The van der Waals surface area contributed by atoms with Gasteiger partial charge in [-0.15, -0.1) is 0 Å². The zero-order chi connectivity index (χ0) is 23.5. The first-order chi connectivity index (χ1) is 16.6. The van der Waals surface area contributed by atoms with Gasteiger partial charge in [0.15, 0.2) is 5.11 Å². The number of carbonyl (C=O) groups is 1. The Morgan fingerprint density at radius 2 is 1.79 bits per heavy atom. The SMILES string of the molecule is O=C1/C(=C\c2cn(Cc3ccccc3)nc2-c2cccnc2)NC(=S)N1Cc1ccccc1Cl. The molecular weight excluding hydrogens is 466 g/mol. The Morgan fingerprint density at radius 3 is 2.56 bits per heavy atom. The van der Waals surface area contributed by atoms with Crippen molar-refractivity contribution in [1.29, 1.82) is 0 Å². The minimum atomic E-state index is -0.210. The number of halogens is 1. The van der Waals surface area contributed by atoms with Gasteiger partial charge in [0.05, 0.1) is 13.1 Å². The second-order valence-corrected chi connectivity index (χ2v) is 8.62. The fourth-order valence-electron chi connectivity index (χ4n) is 3.79. The maximum absolute atomic E-state index is 13.2. The lowest BCUT2D eigenvalue weighted by Gasteiger charge is -2.14. The summed E-state index contributed by atoms with van der Waals surface area (Å²) in [6.45, 7) is 0.903. The van der Waals surface area contributed by atoms with Crippen molar-refractivity contribution in [3.05, 3.63) is 113 Å². The van der Waals surface area contributed by atoms with Crippen molar-refractivity contribution in [1.82, 2.24) is 25.0 Å². The van der Waals surface area contributed by atoms with Crippen LogP contribution in [0.25, 0.3) is 17.3 Å². The Bertz CT molecular complexity index is 1380. The number of amides is 1. The van der Waals surface area contributed by atoms with Crippen molar-refractivity contribution < 1.29 is 4.79 Å². The molecule has 0 bridgehead atoms. The first-order valence-electron chi connectivity index (χ1n) is 10.7. The second-order valence-electron chi connectivity index (χ2n) is 7.83. The van der Waals surface area contributed by atoms with Crippen LogP contribution < -0.4 is 5.32 Å². The topological polar surface area (TPSA) is 63.1 Å². The van der Waals surface area contributed by atoms with Crippen LogP contribution in [0.4, 0.5) is 0 Å². The van der Waals surface area contributed by atoms with E-state index in [2.05, 4.69) is 22.4 Å². The molecule has 1 aliphatic heterocycles. The number of thiocarbonyl (C=S) groups is 1. The van der Waals surface area contributed by atoms with Gasteiger partial charge in [-0.1, -0.05) is 60.1 Å². The van der Waals surface area contributed by atoms with E-state index in [0.29, 0.717) is 28.9 Å². The van der Waals surface area contributed by atoms with Gasteiger partial charge in [-0.25, -0.2) is 0 Å². The van der Waals surface area contributed by atoms with Crippen LogP contribution in [-0.4, -0.2) is 30.7 Å². The molecule has 3 heterocycles. The molecule has 0 atom stereocenters. The first-order valence-corrected chi connectivity index (χ1v) is 11.5. The summed E-state index contributed by atoms with van der Waals surface area (Å²) >= 11 is 11.7. The smallest absolute Gasteiger partial charge is 0.276 e. The third-order valence-corrected chi connectivity index (χ3v) is 6.15. The molecule has 34 heavy (non-hydrogen) atoms. The van der Waals surface area contributed by atoms with Gasteiger partial charge in [0.25, 0.3) is 5.91 Å². The summed E-state index contributed by atoms with van der Waals surface area (Å²) < 4.78 is 1.86. The fourth-order valence-corrected chi connectivity index (χ4v) is 4.24. The van der Waals surface area contributed by atoms with Gasteiger partial charge >= 0.3 is 0 Å². The van der Waals surface area contributed by atoms with Crippen molar-refractivity contribution in [2.75, 3.05) is 0 Å². The molecule has 1 saturated heterocycles. The number of benzene rings is 2. The lowest BCUT2D eigenvalue weighted by Crippen LogP contribution is -2.30. The molecule has 0 saturated carbocycles. The summed E-state index contributed by atoms with van der Waals surface area (Å²) in [5, 5.41) is 8.78. The molecule has 6 nitrogen and oxygen atoms in total. The number of pyridine rings is 1. The van der Waals surface area contributed by atoms with E-state index in [0.717, 1.165) is 27.9 Å². The quantitative estimate of drug-likeness (QED) is 0.311. The molecular formula is C26H20ClN5OS. The molecule has 2 aromatic heterocycles. The predicted octanol–water partition coefficient (Wildman–Crippen LogP) is 4.90. The molecule has 2 aromatic carbocycles. The van der Waals surface area contributed by atoms with E-state index in [4.69, 9.17) is 28.9 Å². The Labute approximate surface area is 207 Å². The lowest BCUT2D eigenvalue weighted by atomic mass is 10.1. The number of carbonyl (C=O) groups excluding carboxylic acids is 1. The molecule has 1 amide bonds. The molecule has 8 heteroatoms. The van der Waals surface area contributed by atoms with E-state index in [9.17, 15) is 4.79 Å². The molecule has 0 radical (unpaired) electrons. The number of hydrogen-bond acceptors (Lipinski definition) is 4. The summed E-state index contributed by atoms with van der Waals surface area (Å²) in [6.07, 6.45) is 7.19. The summed E-state index contributed by atoms with van der Waals surface area (Å²) in [6, 6.07) is 21.3. The zero-order valence-corrected chi connectivity index (χ0v) is 19.6. The van der Waals surface area contributed by atoms with Crippen LogP contribution in [0.15, 0.2) is 91.0 Å². The van der Waals surface area contributed by atoms with Gasteiger partial charge in [-0.05, 0) is 47.6 Å². The van der Waals surface area contributed by atoms with Gasteiger partial charge in [0.1, 0.15) is 11.4 Å². The van der Waals surface area contributed by atoms with E-state index in [1.165, 1.54) is 4.90 Å². The maximum atomic E-state index is 13.2. The fraction of sp³-hybridized carbons (Fsp3) is 0.0769. The van der Waals surface area contributed by atoms with Crippen LogP contribution >= 0.6 is 23.8 Å². The largest absolute Gasteiger partial charge is 0.328 e. The van der Waals surface area contributed by atoms with Crippen molar-refractivity contribution in [2.24, 2.45) is 0 Å². The highest BCUT2D eigenvalue weighted by molar-refractivity contribution is 7.80. The number of rotatable bonds is 6. The minimum absolute atomic E-state index is 0.210. The van der Waals surface area contributed by atoms with Gasteiger partial charge in [-0.3, -0.25) is 19.4 Å². The highest BCUT2D eigenvalue weighted by Crippen LogP contribution is 2.26. The van der Waals surface area contributed by atoms with E-state index >= 15 is 0 Å². The second kappa shape index (κ2) is 9.59. The molecule has 0 spiro atoms. The Hall–Kier alpha value is -3.81. The Kier molecular flexibility index (Phi) is 6.20. The van der Waals surface area contributed by atoms with E-state index in [1.807, 2.05) is 59.4 Å². The number of hydrogen-bond donors (Lipinski definition) is 1. The van der Waals surface area contributed by atoms with Gasteiger partial charge in [0.2, 0.25) is 0 Å². The lowest BCUT2D eigenvalue weighted by molar-refractivity contribution is -0.122. The average molecular weight is 486 g/mol. The Balaban J connectivity index is 1.47. The molecule has 4 aromatic rings. The van der Waals surface area contributed by atoms with Crippen molar-refractivity contribution >= 4 is 40.9 Å². The first kappa shape index (κ1) is 22.0. The van der Waals surface area contributed by atoms with Gasteiger partial charge in [-0.2, -0.15) is 5.10 Å². The summed E-state index contributed by atoms with van der Waals surface area (Å²) in [4.78, 5) is 18.9. The minimum Gasteiger partial charge on any atom is -0.328 e. The molecule has 5 rings (SSSR count). The average Bonchev–Trinajstić information content (AvgIpc) is 3.37. The van der Waals surface area contributed by atoms with E-state index in [-0.39, 0.29) is 5.91 Å². The van der Waals surface area contributed by atoms with Crippen LogP contribution in [0, 0.1) is 0 Å². The molecule has 0 unspecified atom stereocenters. The molecule has 0 aliphatic carbocycles. The molecule has 1 aliphatic rings. The molecule has 1 fully saturated rings. The highest BCUT2D eigenvalue weighted by Gasteiger charge is 2.31. The number of nitrogens with one attached hydrogen (secondary N) is 1. The van der Waals surface area contributed by atoms with Crippen molar-refractivity contribution in [2.45, 2.75) is 13.1 Å². The standard InChI is InChI=1S/C26H20ClN5OS/c27-22-11-5-4-9-20(22)17-32-25(33)23(29-26(32)34)13-21-16-31(15-18-7-2-1-3-8-18)30-24(21)19-10-6-12-28-14-19/h1-14,16H,15,17H2,(H,29,34)/b23-13+. The normalized spacial score (nSPS) is 14.6. The third kappa shape index (κ3) is 4.62.